The van der Waals surface area contributed by atoms with Gasteiger partial charge in [-0.1, -0.05) is 44.2 Å². The molecule has 0 saturated heterocycles. The van der Waals surface area contributed by atoms with Gasteiger partial charge < -0.3 is 5.32 Å². The zero-order chi connectivity index (χ0) is 14.7. The Morgan fingerprint density at radius 1 is 1.14 bits per heavy atom. The van der Waals surface area contributed by atoms with E-state index in [-0.39, 0.29) is 0 Å². The molecule has 0 spiro atoms. The van der Waals surface area contributed by atoms with Gasteiger partial charge in [-0.2, -0.15) is 0 Å². The Morgan fingerprint density at radius 2 is 1.95 bits per heavy atom. The first kappa shape index (κ1) is 14.3. The standard InChI is InChI=1S/C19H24N2/c1-19(2)12-10-18(16-8-3-4-9-17(16)19)21-14-11-15-7-5-6-13-20-15/h3-9,13,18,21H,10-12,14H2,1-2H3. The fraction of sp³-hybridized carbons (Fsp3) is 0.421. The van der Waals surface area contributed by atoms with E-state index in [0.29, 0.717) is 11.5 Å². The van der Waals surface area contributed by atoms with Crippen LogP contribution in [0.15, 0.2) is 48.7 Å². The van der Waals surface area contributed by atoms with E-state index in [4.69, 9.17) is 0 Å². The Balaban J connectivity index is 1.67. The van der Waals surface area contributed by atoms with Crippen molar-refractivity contribution in [3.05, 3.63) is 65.5 Å². The zero-order valence-corrected chi connectivity index (χ0v) is 13.0. The van der Waals surface area contributed by atoms with Crippen LogP contribution in [0.1, 0.15) is 49.6 Å². The van der Waals surface area contributed by atoms with Crippen LogP contribution < -0.4 is 5.32 Å². The van der Waals surface area contributed by atoms with Crippen molar-refractivity contribution in [3.63, 3.8) is 0 Å². The summed E-state index contributed by atoms with van der Waals surface area (Å²) < 4.78 is 0. The fourth-order valence-corrected chi connectivity index (χ4v) is 3.35. The van der Waals surface area contributed by atoms with Gasteiger partial charge in [0, 0.05) is 30.9 Å². The molecule has 1 N–H and O–H groups in total. The van der Waals surface area contributed by atoms with Crippen molar-refractivity contribution >= 4 is 0 Å². The number of hydrogen-bond donors (Lipinski definition) is 1. The summed E-state index contributed by atoms with van der Waals surface area (Å²) in [6.07, 6.45) is 5.31. The van der Waals surface area contributed by atoms with Gasteiger partial charge in [0.05, 0.1) is 0 Å². The fourth-order valence-electron chi connectivity index (χ4n) is 3.35. The lowest BCUT2D eigenvalue weighted by Gasteiger charge is -2.37. The van der Waals surface area contributed by atoms with Crippen molar-refractivity contribution < 1.29 is 0 Å². The Hall–Kier alpha value is -1.67. The van der Waals surface area contributed by atoms with E-state index in [1.807, 2.05) is 12.3 Å². The van der Waals surface area contributed by atoms with Crippen molar-refractivity contribution in [1.29, 1.82) is 0 Å². The molecule has 1 aromatic heterocycles. The third-order valence-corrected chi connectivity index (χ3v) is 4.62. The number of nitrogens with zero attached hydrogens (tertiary/aromatic N) is 1. The zero-order valence-electron chi connectivity index (χ0n) is 13.0. The largest absolute Gasteiger partial charge is 0.310 e. The second kappa shape index (κ2) is 5.98. The average molecular weight is 280 g/mol. The highest BCUT2D eigenvalue weighted by Gasteiger charge is 2.31. The Kier molecular flexibility index (Phi) is 4.07. The molecule has 2 aromatic rings. The molecular weight excluding hydrogens is 256 g/mol. The van der Waals surface area contributed by atoms with E-state index in [1.54, 1.807) is 0 Å². The number of fused-ring (bicyclic) bond motifs is 1. The molecule has 1 atom stereocenters. The van der Waals surface area contributed by atoms with Crippen LogP contribution in [0.5, 0.6) is 0 Å². The highest BCUT2D eigenvalue weighted by molar-refractivity contribution is 5.38. The van der Waals surface area contributed by atoms with Crippen LogP contribution in [0, 0.1) is 0 Å². The Labute approximate surface area is 127 Å². The van der Waals surface area contributed by atoms with Gasteiger partial charge in [0.25, 0.3) is 0 Å². The van der Waals surface area contributed by atoms with Crippen molar-refractivity contribution in [2.24, 2.45) is 0 Å². The second-order valence-electron chi connectivity index (χ2n) is 6.59. The van der Waals surface area contributed by atoms with Crippen molar-refractivity contribution in [2.75, 3.05) is 6.54 Å². The highest BCUT2D eigenvalue weighted by Crippen LogP contribution is 2.41. The molecule has 1 heterocycles. The minimum atomic E-state index is 0.301. The summed E-state index contributed by atoms with van der Waals surface area (Å²) in [6, 6.07) is 15.5. The number of hydrogen-bond acceptors (Lipinski definition) is 2. The van der Waals surface area contributed by atoms with Crippen LogP contribution in [0.3, 0.4) is 0 Å². The van der Waals surface area contributed by atoms with E-state index in [0.717, 1.165) is 18.7 Å². The maximum atomic E-state index is 4.39. The van der Waals surface area contributed by atoms with Crippen LogP contribution >= 0.6 is 0 Å². The minimum absolute atomic E-state index is 0.301. The predicted octanol–water partition coefficient (Wildman–Crippen LogP) is 4.03. The quantitative estimate of drug-likeness (QED) is 0.914. The normalized spacial score (nSPS) is 20.0. The van der Waals surface area contributed by atoms with E-state index in [2.05, 4.69) is 60.5 Å². The van der Waals surface area contributed by atoms with Crippen LogP contribution in [0.2, 0.25) is 0 Å². The smallest absolute Gasteiger partial charge is 0.0416 e. The van der Waals surface area contributed by atoms with Gasteiger partial charge >= 0.3 is 0 Å². The Bertz CT molecular complexity index is 590. The van der Waals surface area contributed by atoms with E-state index in [9.17, 15) is 0 Å². The molecular formula is C19H24N2. The molecule has 1 aliphatic carbocycles. The molecule has 1 aromatic carbocycles. The topological polar surface area (TPSA) is 24.9 Å². The van der Waals surface area contributed by atoms with Gasteiger partial charge in [0.1, 0.15) is 0 Å². The van der Waals surface area contributed by atoms with Crippen molar-refractivity contribution in [2.45, 2.75) is 44.6 Å². The Morgan fingerprint density at radius 3 is 2.76 bits per heavy atom. The van der Waals surface area contributed by atoms with Crippen LogP contribution in [-0.4, -0.2) is 11.5 Å². The number of pyridine rings is 1. The molecule has 0 saturated carbocycles. The second-order valence-corrected chi connectivity index (χ2v) is 6.59. The summed E-state index contributed by atoms with van der Waals surface area (Å²) in [5, 5.41) is 3.72. The van der Waals surface area contributed by atoms with Crippen molar-refractivity contribution in [1.82, 2.24) is 10.3 Å². The summed E-state index contributed by atoms with van der Waals surface area (Å²) in [6.45, 7) is 5.70. The van der Waals surface area contributed by atoms with Gasteiger partial charge in [-0.25, -0.2) is 0 Å². The summed E-state index contributed by atoms with van der Waals surface area (Å²) >= 11 is 0. The molecule has 0 aliphatic heterocycles. The van der Waals surface area contributed by atoms with Crippen LogP contribution in [0.4, 0.5) is 0 Å². The van der Waals surface area contributed by atoms with Crippen LogP contribution in [-0.2, 0) is 11.8 Å². The van der Waals surface area contributed by atoms with Gasteiger partial charge in [-0.3, -0.25) is 4.98 Å². The first-order chi connectivity index (χ1) is 10.2. The molecule has 21 heavy (non-hydrogen) atoms. The third kappa shape index (κ3) is 3.16. The summed E-state index contributed by atoms with van der Waals surface area (Å²) in [7, 11) is 0. The van der Waals surface area contributed by atoms with Gasteiger partial charge in [0.15, 0.2) is 0 Å². The maximum absolute atomic E-state index is 4.39. The molecule has 110 valence electrons. The first-order valence-electron chi connectivity index (χ1n) is 7.89. The molecule has 3 rings (SSSR count). The third-order valence-electron chi connectivity index (χ3n) is 4.62. The summed E-state index contributed by atoms with van der Waals surface area (Å²) in [5.74, 6) is 0. The van der Waals surface area contributed by atoms with E-state index in [1.165, 1.54) is 24.0 Å². The lowest BCUT2D eigenvalue weighted by Crippen LogP contribution is -2.33. The molecule has 0 fully saturated rings. The van der Waals surface area contributed by atoms with E-state index >= 15 is 0 Å². The molecule has 0 radical (unpaired) electrons. The molecule has 2 heteroatoms. The SMILES string of the molecule is CC1(C)CCC(NCCc2ccccn2)c2ccccc21. The molecule has 0 amide bonds. The summed E-state index contributed by atoms with van der Waals surface area (Å²) in [4.78, 5) is 4.39. The van der Waals surface area contributed by atoms with Crippen molar-refractivity contribution in [3.8, 4) is 0 Å². The molecule has 0 bridgehead atoms. The first-order valence-corrected chi connectivity index (χ1v) is 7.89. The minimum Gasteiger partial charge on any atom is -0.310 e. The number of rotatable bonds is 4. The van der Waals surface area contributed by atoms with Crippen LogP contribution in [0.25, 0.3) is 0 Å². The number of aromatic nitrogens is 1. The summed E-state index contributed by atoms with van der Waals surface area (Å²) in [5.41, 5.74) is 4.45. The maximum Gasteiger partial charge on any atom is 0.0416 e. The number of nitrogens with one attached hydrogen (secondary N) is 1. The monoisotopic (exact) mass is 280 g/mol. The van der Waals surface area contributed by atoms with Gasteiger partial charge in [-0.15, -0.1) is 0 Å². The number of benzene rings is 1. The lowest BCUT2D eigenvalue weighted by molar-refractivity contribution is 0.359. The predicted molar refractivity (Wildman–Crippen MR) is 87.4 cm³/mol. The molecule has 1 unspecified atom stereocenters. The van der Waals surface area contributed by atoms with E-state index < -0.39 is 0 Å². The lowest BCUT2D eigenvalue weighted by atomic mass is 9.71. The van der Waals surface area contributed by atoms with Gasteiger partial charge in [0.2, 0.25) is 0 Å². The molecule has 1 aliphatic rings. The molecule has 2 nitrogen and oxygen atoms in total. The van der Waals surface area contributed by atoms with Gasteiger partial charge in [-0.05, 0) is 41.5 Å². The average Bonchev–Trinajstić information content (AvgIpc) is 2.51. The highest BCUT2D eigenvalue weighted by atomic mass is 14.9.